The minimum atomic E-state index is -0.866. The molecule has 4 nitrogen and oxygen atoms in total. The molecule has 0 unspecified atom stereocenters. The van der Waals surface area contributed by atoms with E-state index in [0.717, 1.165) is 5.39 Å². The van der Waals surface area contributed by atoms with Crippen molar-refractivity contribution in [3.63, 3.8) is 0 Å². The number of aromatic nitrogens is 1. The van der Waals surface area contributed by atoms with Crippen LogP contribution in [0.5, 0.6) is 5.75 Å². The molecule has 2 rings (SSSR count). The Bertz CT molecular complexity index is 569. The number of carbonyl (C=O) groups is 1. The molecule has 1 heterocycles. The fourth-order valence-electron chi connectivity index (χ4n) is 2.20. The van der Waals surface area contributed by atoms with Crippen LogP contribution in [0.3, 0.4) is 0 Å². The third-order valence-electron chi connectivity index (χ3n) is 2.77. The van der Waals surface area contributed by atoms with Crippen molar-refractivity contribution in [3.8, 4) is 5.75 Å². The van der Waals surface area contributed by atoms with Crippen LogP contribution in [0.25, 0.3) is 10.9 Å². The minimum absolute atomic E-state index is 0.0354. The number of aliphatic carboxylic acids is 1. The van der Waals surface area contributed by atoms with Crippen LogP contribution in [-0.4, -0.2) is 20.7 Å². The van der Waals surface area contributed by atoms with E-state index in [2.05, 4.69) is 0 Å². The number of aromatic hydroxyl groups is 1. The van der Waals surface area contributed by atoms with E-state index < -0.39 is 5.97 Å². The zero-order chi connectivity index (χ0) is 12.6. The van der Waals surface area contributed by atoms with Crippen LogP contribution in [0.2, 0.25) is 0 Å². The van der Waals surface area contributed by atoms with Crippen LogP contribution in [0.1, 0.15) is 25.6 Å². The SMILES string of the molecule is CC(C)n1c(CC(=O)O)cc2cccc(O)c21. The Morgan fingerprint density at radius 1 is 1.41 bits per heavy atom. The molecule has 1 aromatic carbocycles. The maximum atomic E-state index is 10.8. The first-order valence-electron chi connectivity index (χ1n) is 5.54. The summed E-state index contributed by atoms with van der Waals surface area (Å²) in [6.45, 7) is 3.94. The van der Waals surface area contributed by atoms with Gasteiger partial charge in [-0.3, -0.25) is 4.79 Å². The van der Waals surface area contributed by atoms with Gasteiger partial charge in [0.2, 0.25) is 0 Å². The average molecular weight is 233 g/mol. The standard InChI is InChI=1S/C13H15NO3/c1-8(2)14-10(7-12(16)17)6-9-4-3-5-11(15)13(9)14/h3-6,8,15H,7H2,1-2H3,(H,16,17). The van der Waals surface area contributed by atoms with Crippen LogP contribution < -0.4 is 0 Å². The molecular weight excluding hydrogens is 218 g/mol. The summed E-state index contributed by atoms with van der Waals surface area (Å²) in [6.07, 6.45) is -0.0354. The Balaban J connectivity index is 2.71. The van der Waals surface area contributed by atoms with Crippen LogP contribution >= 0.6 is 0 Å². The van der Waals surface area contributed by atoms with Crippen molar-refractivity contribution in [2.45, 2.75) is 26.3 Å². The van der Waals surface area contributed by atoms with E-state index in [1.807, 2.05) is 30.5 Å². The van der Waals surface area contributed by atoms with E-state index in [-0.39, 0.29) is 18.2 Å². The lowest BCUT2D eigenvalue weighted by atomic mass is 10.2. The second-order valence-corrected chi connectivity index (χ2v) is 4.38. The smallest absolute Gasteiger partial charge is 0.309 e. The van der Waals surface area contributed by atoms with Crippen molar-refractivity contribution in [2.24, 2.45) is 0 Å². The molecule has 17 heavy (non-hydrogen) atoms. The second kappa shape index (κ2) is 4.13. The van der Waals surface area contributed by atoms with Gasteiger partial charge in [0, 0.05) is 17.1 Å². The van der Waals surface area contributed by atoms with E-state index in [1.54, 1.807) is 12.1 Å². The fourth-order valence-corrected chi connectivity index (χ4v) is 2.20. The topological polar surface area (TPSA) is 62.5 Å². The molecular formula is C13H15NO3. The van der Waals surface area contributed by atoms with Gasteiger partial charge in [0.1, 0.15) is 5.75 Å². The van der Waals surface area contributed by atoms with Crippen LogP contribution in [-0.2, 0) is 11.2 Å². The van der Waals surface area contributed by atoms with Crippen molar-refractivity contribution >= 4 is 16.9 Å². The first-order valence-corrected chi connectivity index (χ1v) is 5.54. The van der Waals surface area contributed by atoms with E-state index >= 15 is 0 Å². The minimum Gasteiger partial charge on any atom is -0.506 e. The first kappa shape index (κ1) is 11.5. The summed E-state index contributed by atoms with van der Waals surface area (Å²) in [5.74, 6) is -0.679. The number of carboxylic acid groups (broad SMARTS) is 1. The van der Waals surface area contributed by atoms with Gasteiger partial charge in [-0.25, -0.2) is 0 Å². The molecule has 0 saturated carbocycles. The molecule has 1 aromatic heterocycles. The Morgan fingerprint density at radius 3 is 2.71 bits per heavy atom. The van der Waals surface area contributed by atoms with E-state index in [9.17, 15) is 9.90 Å². The largest absolute Gasteiger partial charge is 0.506 e. The molecule has 90 valence electrons. The Kier molecular flexibility index (Phi) is 2.79. The number of phenolic OH excluding ortho intramolecular Hbond substituents is 1. The van der Waals surface area contributed by atoms with Crippen molar-refractivity contribution in [1.82, 2.24) is 4.57 Å². The number of benzene rings is 1. The van der Waals surface area contributed by atoms with Gasteiger partial charge < -0.3 is 14.8 Å². The maximum Gasteiger partial charge on any atom is 0.309 e. The van der Waals surface area contributed by atoms with Crippen molar-refractivity contribution in [2.75, 3.05) is 0 Å². The lowest BCUT2D eigenvalue weighted by Crippen LogP contribution is -2.09. The molecule has 0 atom stereocenters. The number of nitrogens with zero attached hydrogens (tertiary/aromatic N) is 1. The highest BCUT2D eigenvalue weighted by atomic mass is 16.4. The highest BCUT2D eigenvalue weighted by Crippen LogP contribution is 2.31. The van der Waals surface area contributed by atoms with Gasteiger partial charge in [-0.2, -0.15) is 0 Å². The van der Waals surface area contributed by atoms with Gasteiger partial charge in [0.15, 0.2) is 0 Å². The number of fused-ring (bicyclic) bond motifs is 1. The summed E-state index contributed by atoms with van der Waals surface area (Å²) in [6, 6.07) is 7.18. The third-order valence-corrected chi connectivity index (χ3v) is 2.77. The molecule has 0 radical (unpaired) electrons. The number of rotatable bonds is 3. The van der Waals surface area contributed by atoms with Gasteiger partial charge >= 0.3 is 5.97 Å². The molecule has 0 aliphatic heterocycles. The highest BCUT2D eigenvalue weighted by Gasteiger charge is 2.15. The van der Waals surface area contributed by atoms with Crippen LogP contribution in [0.15, 0.2) is 24.3 Å². The van der Waals surface area contributed by atoms with Gasteiger partial charge in [0.05, 0.1) is 11.9 Å². The molecule has 4 heteroatoms. The average Bonchev–Trinajstić information content (AvgIpc) is 2.56. The zero-order valence-corrected chi connectivity index (χ0v) is 9.84. The first-order chi connectivity index (χ1) is 8.00. The molecule has 2 aromatic rings. The molecule has 2 N–H and O–H groups in total. The van der Waals surface area contributed by atoms with Crippen LogP contribution in [0, 0.1) is 0 Å². The number of para-hydroxylation sites is 1. The van der Waals surface area contributed by atoms with Gasteiger partial charge in [-0.15, -0.1) is 0 Å². The monoisotopic (exact) mass is 233 g/mol. The quantitative estimate of drug-likeness (QED) is 0.856. The van der Waals surface area contributed by atoms with Crippen molar-refractivity contribution in [3.05, 3.63) is 30.0 Å². The summed E-state index contributed by atoms with van der Waals surface area (Å²) in [5.41, 5.74) is 1.42. The molecule has 0 saturated heterocycles. The van der Waals surface area contributed by atoms with Crippen molar-refractivity contribution in [1.29, 1.82) is 0 Å². The van der Waals surface area contributed by atoms with Crippen molar-refractivity contribution < 1.29 is 15.0 Å². The predicted molar refractivity (Wildman–Crippen MR) is 65.3 cm³/mol. The van der Waals surface area contributed by atoms with E-state index in [0.29, 0.717) is 11.2 Å². The summed E-state index contributed by atoms with van der Waals surface area (Å²) < 4.78 is 1.87. The summed E-state index contributed by atoms with van der Waals surface area (Å²) in [7, 11) is 0. The molecule has 0 aliphatic rings. The van der Waals surface area contributed by atoms with E-state index in [4.69, 9.17) is 5.11 Å². The number of carboxylic acids is 1. The molecule has 0 amide bonds. The van der Waals surface area contributed by atoms with E-state index in [1.165, 1.54) is 0 Å². The lowest BCUT2D eigenvalue weighted by Gasteiger charge is -2.14. The van der Waals surface area contributed by atoms with Crippen LogP contribution in [0.4, 0.5) is 0 Å². The Hall–Kier alpha value is -1.97. The normalized spacial score (nSPS) is 11.2. The Morgan fingerprint density at radius 2 is 2.12 bits per heavy atom. The summed E-state index contributed by atoms with van der Waals surface area (Å²) >= 11 is 0. The number of hydrogen-bond acceptors (Lipinski definition) is 2. The zero-order valence-electron chi connectivity index (χ0n) is 9.84. The summed E-state index contributed by atoms with van der Waals surface area (Å²) in [4.78, 5) is 10.8. The second-order valence-electron chi connectivity index (χ2n) is 4.38. The number of hydrogen-bond donors (Lipinski definition) is 2. The fraction of sp³-hybridized carbons (Fsp3) is 0.308. The maximum absolute atomic E-state index is 10.8. The van der Waals surface area contributed by atoms with Gasteiger partial charge in [-0.05, 0) is 26.0 Å². The molecule has 0 spiro atoms. The molecule has 0 aliphatic carbocycles. The summed E-state index contributed by atoms with van der Waals surface area (Å²) in [5, 5.41) is 19.6. The van der Waals surface area contributed by atoms with Gasteiger partial charge in [-0.1, -0.05) is 12.1 Å². The predicted octanol–water partition coefficient (Wildman–Crippen LogP) is 2.55. The number of phenols is 1. The molecule has 0 bridgehead atoms. The third kappa shape index (κ3) is 1.98. The Labute approximate surface area is 99.1 Å². The highest BCUT2D eigenvalue weighted by molar-refractivity contribution is 5.88. The van der Waals surface area contributed by atoms with Gasteiger partial charge in [0.25, 0.3) is 0 Å². The lowest BCUT2D eigenvalue weighted by molar-refractivity contribution is -0.136. The molecule has 0 fully saturated rings.